The second-order valence-corrected chi connectivity index (χ2v) is 6.54. The molecule has 0 bridgehead atoms. The van der Waals surface area contributed by atoms with Gasteiger partial charge in [-0.05, 0) is 19.3 Å². The van der Waals surface area contributed by atoms with E-state index < -0.39 is 27.2 Å². The van der Waals surface area contributed by atoms with Crippen LogP contribution in [0.15, 0.2) is 0 Å². The van der Waals surface area contributed by atoms with Crippen LogP contribution >= 0.6 is 0 Å². The zero-order chi connectivity index (χ0) is 12.3. The van der Waals surface area contributed by atoms with Crippen LogP contribution in [0.1, 0.15) is 32.6 Å². The van der Waals surface area contributed by atoms with Crippen LogP contribution in [0.2, 0.25) is 0 Å². The van der Waals surface area contributed by atoms with Gasteiger partial charge in [0, 0.05) is 13.6 Å². The fourth-order valence-electron chi connectivity index (χ4n) is 2.24. The van der Waals surface area contributed by atoms with Crippen molar-refractivity contribution in [1.82, 2.24) is 4.31 Å². The van der Waals surface area contributed by atoms with Gasteiger partial charge in [0.25, 0.3) is 0 Å². The quantitative estimate of drug-likeness (QED) is 0.786. The molecule has 1 saturated carbocycles. The highest BCUT2D eigenvalue weighted by Gasteiger charge is 2.43. The molecule has 0 radical (unpaired) electrons. The fraction of sp³-hybridized carbons (Fsp3) is 0.900. The first-order valence-corrected chi connectivity index (χ1v) is 7.09. The lowest BCUT2D eigenvalue weighted by atomic mass is 10.1. The van der Waals surface area contributed by atoms with E-state index in [-0.39, 0.29) is 0 Å². The van der Waals surface area contributed by atoms with Gasteiger partial charge in [-0.15, -0.1) is 0 Å². The summed E-state index contributed by atoms with van der Waals surface area (Å²) in [7, 11) is -1.92. The van der Waals surface area contributed by atoms with Crippen molar-refractivity contribution < 1.29 is 18.3 Å². The van der Waals surface area contributed by atoms with E-state index in [1.807, 2.05) is 6.92 Å². The van der Waals surface area contributed by atoms with E-state index >= 15 is 0 Å². The van der Waals surface area contributed by atoms with Crippen molar-refractivity contribution in [2.45, 2.75) is 37.9 Å². The third-order valence-electron chi connectivity index (χ3n) is 3.13. The average Bonchev–Trinajstić information content (AvgIpc) is 2.66. The van der Waals surface area contributed by atoms with Crippen LogP contribution < -0.4 is 0 Å². The summed E-state index contributed by atoms with van der Waals surface area (Å²) in [5.41, 5.74) is 0. The number of carbonyl (C=O) groups is 1. The smallest absolute Gasteiger partial charge is 0.307 e. The summed E-state index contributed by atoms with van der Waals surface area (Å²) in [4.78, 5) is 11.0. The largest absolute Gasteiger partial charge is 0.481 e. The number of hydrogen-bond acceptors (Lipinski definition) is 3. The Balaban J connectivity index is 2.86. The second-order valence-electron chi connectivity index (χ2n) is 4.28. The van der Waals surface area contributed by atoms with Crippen LogP contribution in [0.5, 0.6) is 0 Å². The molecule has 0 aromatic rings. The number of carboxylic acids is 1. The van der Waals surface area contributed by atoms with E-state index in [4.69, 9.17) is 5.11 Å². The van der Waals surface area contributed by atoms with Crippen LogP contribution in [0.25, 0.3) is 0 Å². The van der Waals surface area contributed by atoms with Crippen molar-refractivity contribution in [3.63, 3.8) is 0 Å². The van der Waals surface area contributed by atoms with Crippen molar-refractivity contribution in [1.29, 1.82) is 0 Å². The predicted molar refractivity (Wildman–Crippen MR) is 60.6 cm³/mol. The Labute approximate surface area is 96.5 Å². The summed E-state index contributed by atoms with van der Waals surface area (Å²) in [5, 5.41) is 8.24. The molecule has 16 heavy (non-hydrogen) atoms. The highest BCUT2D eigenvalue weighted by molar-refractivity contribution is 7.89. The highest BCUT2D eigenvalue weighted by Crippen LogP contribution is 2.32. The topological polar surface area (TPSA) is 74.7 Å². The second kappa shape index (κ2) is 5.14. The van der Waals surface area contributed by atoms with Crippen molar-refractivity contribution in [3.05, 3.63) is 0 Å². The number of rotatable bonds is 5. The minimum Gasteiger partial charge on any atom is -0.481 e. The molecule has 0 heterocycles. The van der Waals surface area contributed by atoms with Gasteiger partial charge >= 0.3 is 5.97 Å². The molecule has 1 N–H and O–H groups in total. The molecule has 0 aromatic heterocycles. The monoisotopic (exact) mass is 249 g/mol. The van der Waals surface area contributed by atoms with E-state index in [1.54, 1.807) is 0 Å². The molecule has 6 heteroatoms. The van der Waals surface area contributed by atoms with Gasteiger partial charge in [0.1, 0.15) is 0 Å². The van der Waals surface area contributed by atoms with Gasteiger partial charge in [0.2, 0.25) is 10.0 Å². The number of carboxylic acid groups (broad SMARTS) is 1. The maximum Gasteiger partial charge on any atom is 0.307 e. The number of hydrogen-bond donors (Lipinski definition) is 1. The van der Waals surface area contributed by atoms with E-state index in [2.05, 4.69) is 0 Å². The van der Waals surface area contributed by atoms with E-state index in [1.165, 1.54) is 11.4 Å². The Morgan fingerprint density at radius 2 is 2.06 bits per heavy atom. The van der Waals surface area contributed by atoms with E-state index in [0.29, 0.717) is 25.8 Å². The SMILES string of the molecule is CCCN(C)S(=O)(=O)C1CCCC1C(=O)O. The summed E-state index contributed by atoms with van der Waals surface area (Å²) in [6.45, 7) is 2.35. The zero-order valence-corrected chi connectivity index (χ0v) is 10.5. The molecule has 94 valence electrons. The number of aliphatic carboxylic acids is 1. The normalized spacial score (nSPS) is 26.2. The van der Waals surface area contributed by atoms with Crippen molar-refractivity contribution >= 4 is 16.0 Å². The minimum atomic E-state index is -3.44. The minimum absolute atomic E-state index is 0.450. The first kappa shape index (κ1) is 13.4. The molecule has 1 fully saturated rings. The van der Waals surface area contributed by atoms with Gasteiger partial charge in [0.15, 0.2) is 0 Å². The molecule has 5 nitrogen and oxygen atoms in total. The van der Waals surface area contributed by atoms with Gasteiger partial charge in [-0.3, -0.25) is 4.79 Å². The molecule has 2 atom stereocenters. The predicted octanol–water partition coefficient (Wildman–Crippen LogP) is 0.911. The van der Waals surface area contributed by atoms with Crippen molar-refractivity contribution in [2.24, 2.45) is 5.92 Å². The molecule has 1 aliphatic carbocycles. The Morgan fingerprint density at radius 1 is 1.44 bits per heavy atom. The third kappa shape index (κ3) is 2.55. The maximum absolute atomic E-state index is 12.1. The lowest BCUT2D eigenvalue weighted by Crippen LogP contribution is -2.40. The lowest BCUT2D eigenvalue weighted by molar-refractivity contribution is -0.141. The Bertz CT molecular complexity index is 352. The summed E-state index contributed by atoms with van der Waals surface area (Å²) >= 11 is 0. The molecule has 0 aromatic carbocycles. The first-order chi connectivity index (χ1) is 7.41. The highest BCUT2D eigenvalue weighted by atomic mass is 32.2. The van der Waals surface area contributed by atoms with Crippen LogP contribution in [0.4, 0.5) is 0 Å². The van der Waals surface area contributed by atoms with Gasteiger partial charge < -0.3 is 5.11 Å². The van der Waals surface area contributed by atoms with E-state index in [9.17, 15) is 13.2 Å². The first-order valence-electron chi connectivity index (χ1n) is 5.59. The molecule has 0 spiro atoms. The molecule has 2 unspecified atom stereocenters. The summed E-state index contributed by atoms with van der Waals surface area (Å²) in [6.07, 6.45) is 2.35. The number of sulfonamides is 1. The average molecular weight is 249 g/mol. The van der Waals surface area contributed by atoms with Gasteiger partial charge in [-0.1, -0.05) is 13.3 Å². The van der Waals surface area contributed by atoms with Crippen molar-refractivity contribution in [3.8, 4) is 0 Å². The third-order valence-corrected chi connectivity index (χ3v) is 5.51. The molecule has 1 rings (SSSR count). The van der Waals surface area contributed by atoms with Crippen LogP contribution in [-0.2, 0) is 14.8 Å². The van der Waals surface area contributed by atoms with Gasteiger partial charge in [-0.2, -0.15) is 0 Å². The maximum atomic E-state index is 12.1. The fourth-order valence-corrected chi connectivity index (χ4v) is 4.27. The van der Waals surface area contributed by atoms with Crippen LogP contribution in [-0.4, -0.2) is 42.6 Å². The Hall–Kier alpha value is -0.620. The van der Waals surface area contributed by atoms with Gasteiger partial charge in [-0.25, -0.2) is 12.7 Å². The van der Waals surface area contributed by atoms with Gasteiger partial charge in [0.05, 0.1) is 11.2 Å². The molecular weight excluding hydrogens is 230 g/mol. The molecular formula is C10H19NO4S. The molecule has 0 aliphatic heterocycles. The lowest BCUT2D eigenvalue weighted by Gasteiger charge is -2.23. The zero-order valence-electron chi connectivity index (χ0n) is 9.72. The van der Waals surface area contributed by atoms with E-state index in [0.717, 1.165) is 6.42 Å². The summed E-state index contributed by atoms with van der Waals surface area (Å²) in [6, 6.07) is 0. The summed E-state index contributed by atoms with van der Waals surface area (Å²) in [5.74, 6) is -1.72. The molecule has 0 amide bonds. The number of nitrogens with zero attached hydrogens (tertiary/aromatic N) is 1. The summed E-state index contributed by atoms with van der Waals surface area (Å²) < 4.78 is 25.5. The van der Waals surface area contributed by atoms with Crippen molar-refractivity contribution in [2.75, 3.05) is 13.6 Å². The molecule has 0 saturated heterocycles. The van der Waals surface area contributed by atoms with Crippen LogP contribution in [0.3, 0.4) is 0 Å². The standard InChI is InChI=1S/C10H19NO4S/c1-3-7-11(2)16(14,15)9-6-4-5-8(9)10(12)13/h8-9H,3-7H2,1-2H3,(H,12,13). The Morgan fingerprint density at radius 3 is 2.56 bits per heavy atom. The van der Waals surface area contributed by atoms with Crippen LogP contribution in [0, 0.1) is 5.92 Å². The Kier molecular flexibility index (Phi) is 4.32. The molecule has 1 aliphatic rings.